The minimum Gasteiger partial charge on any atom is -0.494 e. The van der Waals surface area contributed by atoms with Crippen molar-refractivity contribution in [3.8, 4) is 5.75 Å². The monoisotopic (exact) mass is 379 g/mol. The maximum atomic E-state index is 14.1. The maximum Gasteiger partial charge on any atom is 0.255 e. The number of hydrogen-bond acceptors (Lipinski definition) is 4. The summed E-state index contributed by atoms with van der Waals surface area (Å²) < 4.78 is 19.1. The van der Waals surface area contributed by atoms with Gasteiger partial charge in [0.15, 0.2) is 11.6 Å². The lowest BCUT2D eigenvalue weighted by atomic mass is 10.0. The number of benzene rings is 1. The summed E-state index contributed by atoms with van der Waals surface area (Å²) in [4.78, 5) is 16.9. The molecule has 0 aliphatic carbocycles. The molecule has 1 aromatic carbocycles. The van der Waals surface area contributed by atoms with Gasteiger partial charge in [-0.05, 0) is 41.5 Å². The first kappa shape index (κ1) is 18.3. The number of nitrogens with one attached hydrogen (secondary N) is 1. The molecule has 5 nitrogen and oxygen atoms in total. The predicted octanol–water partition coefficient (Wildman–Crippen LogP) is 2.82. The molecule has 3 aliphatic heterocycles. The van der Waals surface area contributed by atoms with Crippen molar-refractivity contribution in [2.75, 3.05) is 33.3 Å². The summed E-state index contributed by atoms with van der Waals surface area (Å²) in [6.07, 6.45) is 13.0. The van der Waals surface area contributed by atoms with Gasteiger partial charge in [-0.3, -0.25) is 9.69 Å². The van der Waals surface area contributed by atoms with Crippen LogP contribution in [0, 0.1) is 5.82 Å². The Hall–Kier alpha value is -3.12. The van der Waals surface area contributed by atoms with E-state index in [0.717, 1.165) is 37.6 Å². The number of ether oxygens (including phenoxy) is 1. The van der Waals surface area contributed by atoms with E-state index in [2.05, 4.69) is 10.2 Å². The Kier molecular flexibility index (Phi) is 5.12. The van der Waals surface area contributed by atoms with Crippen LogP contribution in [0.1, 0.15) is 5.56 Å². The summed E-state index contributed by atoms with van der Waals surface area (Å²) in [6, 6.07) is 4.69. The van der Waals surface area contributed by atoms with Gasteiger partial charge in [0.25, 0.3) is 5.91 Å². The predicted molar refractivity (Wildman–Crippen MR) is 107 cm³/mol. The summed E-state index contributed by atoms with van der Waals surface area (Å²) >= 11 is 0. The van der Waals surface area contributed by atoms with E-state index in [4.69, 9.17) is 4.74 Å². The van der Waals surface area contributed by atoms with E-state index in [-0.39, 0.29) is 11.7 Å². The average Bonchev–Trinajstić information content (AvgIpc) is 2.72. The minimum absolute atomic E-state index is 0.168. The van der Waals surface area contributed by atoms with Crippen LogP contribution in [-0.2, 0) is 4.79 Å². The molecule has 1 N–H and O–H groups in total. The largest absolute Gasteiger partial charge is 0.494 e. The number of hydrogen-bond donors (Lipinski definition) is 1. The van der Waals surface area contributed by atoms with E-state index in [1.807, 2.05) is 36.6 Å². The zero-order chi connectivity index (χ0) is 19.5. The van der Waals surface area contributed by atoms with Crippen LogP contribution in [-0.4, -0.2) is 49.0 Å². The molecular weight excluding hydrogens is 357 g/mol. The van der Waals surface area contributed by atoms with Crippen molar-refractivity contribution in [3.63, 3.8) is 0 Å². The van der Waals surface area contributed by atoms with E-state index >= 15 is 0 Å². The Morgan fingerprint density at radius 1 is 1.11 bits per heavy atom. The number of amides is 1. The Morgan fingerprint density at radius 2 is 1.89 bits per heavy atom. The lowest BCUT2D eigenvalue weighted by Crippen LogP contribution is -2.43. The van der Waals surface area contributed by atoms with Crippen LogP contribution in [0.4, 0.5) is 4.39 Å². The molecule has 1 fully saturated rings. The van der Waals surface area contributed by atoms with Crippen molar-refractivity contribution in [2.45, 2.75) is 0 Å². The van der Waals surface area contributed by atoms with Crippen LogP contribution in [0.2, 0.25) is 0 Å². The molecule has 1 amide bonds. The first-order valence-electron chi connectivity index (χ1n) is 9.28. The van der Waals surface area contributed by atoms with Crippen molar-refractivity contribution in [1.29, 1.82) is 0 Å². The highest BCUT2D eigenvalue weighted by Gasteiger charge is 2.21. The Morgan fingerprint density at radius 3 is 2.64 bits per heavy atom. The number of rotatable bonds is 3. The van der Waals surface area contributed by atoms with E-state index in [1.54, 1.807) is 17.0 Å². The van der Waals surface area contributed by atoms with Crippen molar-refractivity contribution in [2.24, 2.45) is 0 Å². The van der Waals surface area contributed by atoms with Crippen molar-refractivity contribution < 1.29 is 13.9 Å². The third kappa shape index (κ3) is 3.64. The van der Waals surface area contributed by atoms with E-state index in [1.165, 1.54) is 19.3 Å². The molecule has 6 heteroatoms. The van der Waals surface area contributed by atoms with Gasteiger partial charge < -0.3 is 15.0 Å². The van der Waals surface area contributed by atoms with Gasteiger partial charge in [0.05, 0.1) is 12.8 Å². The zero-order valence-electron chi connectivity index (χ0n) is 15.7. The summed E-state index contributed by atoms with van der Waals surface area (Å²) in [5.41, 5.74) is 3.09. The molecule has 0 unspecified atom stereocenters. The van der Waals surface area contributed by atoms with Crippen molar-refractivity contribution in [1.82, 2.24) is 15.1 Å². The standard InChI is InChI=1S/C22H22FN3O2/c1-28-21-8-5-17(13-20(21)23)16-3-2-4-18-6-7-19(15-26(18)22(27)14-16)25-11-9-24-10-12-25/h2-8,13-15,24H,9-12H2,1H3/b3-2?,16-14?,18-4+. The lowest BCUT2D eigenvalue weighted by molar-refractivity contribution is -0.122. The number of carbonyl (C=O) groups is 1. The number of piperazine rings is 1. The maximum absolute atomic E-state index is 14.1. The van der Waals surface area contributed by atoms with Gasteiger partial charge in [-0.1, -0.05) is 18.2 Å². The number of fused-ring (bicyclic) bond motifs is 1. The number of halogens is 1. The van der Waals surface area contributed by atoms with Gasteiger partial charge in [0, 0.05) is 44.2 Å². The van der Waals surface area contributed by atoms with Gasteiger partial charge >= 0.3 is 0 Å². The Bertz CT molecular complexity index is 937. The molecule has 0 aromatic heterocycles. The third-order valence-electron chi connectivity index (χ3n) is 4.99. The zero-order valence-corrected chi connectivity index (χ0v) is 15.7. The molecule has 4 rings (SSSR count). The second kappa shape index (κ2) is 7.86. The van der Waals surface area contributed by atoms with Gasteiger partial charge in [-0.25, -0.2) is 4.39 Å². The minimum atomic E-state index is -0.457. The van der Waals surface area contributed by atoms with Crippen LogP contribution in [0.15, 0.2) is 72.2 Å². The van der Waals surface area contributed by atoms with Crippen LogP contribution in [0.5, 0.6) is 5.75 Å². The van der Waals surface area contributed by atoms with Crippen LogP contribution >= 0.6 is 0 Å². The molecule has 0 saturated carbocycles. The number of nitrogens with zero attached hydrogens (tertiary/aromatic N) is 2. The molecular formula is C22H22FN3O2. The van der Waals surface area contributed by atoms with Crippen molar-refractivity contribution in [3.05, 3.63) is 83.6 Å². The molecule has 3 heterocycles. The van der Waals surface area contributed by atoms with Gasteiger partial charge in [0.1, 0.15) is 0 Å². The lowest BCUT2D eigenvalue weighted by Gasteiger charge is -2.33. The number of methoxy groups -OCH3 is 1. The molecule has 0 radical (unpaired) electrons. The highest BCUT2D eigenvalue weighted by Crippen LogP contribution is 2.27. The highest BCUT2D eigenvalue weighted by atomic mass is 19.1. The van der Waals surface area contributed by atoms with E-state index in [9.17, 15) is 9.18 Å². The molecule has 28 heavy (non-hydrogen) atoms. The highest BCUT2D eigenvalue weighted by molar-refractivity contribution is 5.99. The molecule has 0 atom stereocenters. The summed E-state index contributed by atoms with van der Waals surface area (Å²) in [5, 5.41) is 3.33. The first-order valence-corrected chi connectivity index (χ1v) is 9.28. The average molecular weight is 379 g/mol. The summed E-state index contributed by atoms with van der Waals surface area (Å²) in [6.45, 7) is 3.67. The van der Waals surface area contributed by atoms with Crippen LogP contribution in [0.25, 0.3) is 5.57 Å². The third-order valence-corrected chi connectivity index (χ3v) is 4.99. The Balaban J connectivity index is 1.65. The molecule has 1 saturated heterocycles. The number of carbonyl (C=O) groups excluding carboxylic acids is 1. The van der Waals surface area contributed by atoms with Crippen molar-refractivity contribution >= 4 is 11.5 Å². The van der Waals surface area contributed by atoms with E-state index in [0.29, 0.717) is 11.1 Å². The van der Waals surface area contributed by atoms with Gasteiger partial charge in [-0.15, -0.1) is 0 Å². The summed E-state index contributed by atoms with van der Waals surface area (Å²) in [5.74, 6) is -0.446. The number of allylic oxidation sites excluding steroid dienone is 6. The Labute approximate surface area is 163 Å². The SMILES string of the molecule is COc1ccc(C2=CC(=O)N3C=C(N4CCNCC4)C=C/C3=C\C=C2)cc1F. The van der Waals surface area contributed by atoms with Crippen LogP contribution in [0.3, 0.4) is 0 Å². The normalized spacial score (nSPS) is 21.2. The fourth-order valence-electron chi connectivity index (χ4n) is 3.46. The molecule has 144 valence electrons. The van der Waals surface area contributed by atoms with Crippen LogP contribution < -0.4 is 10.1 Å². The molecule has 3 aliphatic rings. The fraction of sp³-hybridized carbons (Fsp3) is 0.227. The van der Waals surface area contributed by atoms with Gasteiger partial charge in [0.2, 0.25) is 0 Å². The van der Waals surface area contributed by atoms with E-state index < -0.39 is 5.82 Å². The molecule has 0 spiro atoms. The second-order valence-electron chi connectivity index (χ2n) is 6.73. The first-order chi connectivity index (χ1) is 13.7. The molecule has 1 aromatic rings. The smallest absolute Gasteiger partial charge is 0.255 e. The topological polar surface area (TPSA) is 44.8 Å². The summed E-state index contributed by atoms with van der Waals surface area (Å²) in [7, 11) is 1.43. The second-order valence-corrected chi connectivity index (χ2v) is 6.73. The van der Waals surface area contributed by atoms with Gasteiger partial charge in [-0.2, -0.15) is 0 Å². The molecule has 0 bridgehead atoms. The quantitative estimate of drug-likeness (QED) is 0.877. The fourth-order valence-corrected chi connectivity index (χ4v) is 3.46.